The van der Waals surface area contributed by atoms with Gasteiger partial charge in [0.25, 0.3) is 0 Å². The van der Waals surface area contributed by atoms with Gasteiger partial charge in [-0.1, -0.05) is 10.7 Å². The van der Waals surface area contributed by atoms with Gasteiger partial charge in [-0.2, -0.15) is 0 Å². The molecule has 2 rings (SSSR count). The smallest absolute Gasteiger partial charge is 0.305 e. The fraction of sp³-hybridized carbons (Fsp3) is 0.200. The van der Waals surface area contributed by atoms with Gasteiger partial charge in [-0.15, -0.1) is 5.43 Å². The van der Waals surface area contributed by atoms with Gasteiger partial charge in [0.1, 0.15) is 0 Å². The summed E-state index contributed by atoms with van der Waals surface area (Å²) in [6, 6.07) is 9.59. The second kappa shape index (κ2) is 6.34. The molecule has 0 spiro atoms. The molecule has 0 radical (unpaired) electrons. The molecule has 0 fully saturated rings. The van der Waals surface area contributed by atoms with E-state index in [2.05, 4.69) is 5.43 Å². The third-order valence-corrected chi connectivity index (χ3v) is 2.95. The molecular formula is C15H17ClN2O. The van der Waals surface area contributed by atoms with E-state index >= 15 is 0 Å². The van der Waals surface area contributed by atoms with Gasteiger partial charge in [0, 0.05) is 17.2 Å². The Morgan fingerprint density at radius 3 is 2.47 bits per heavy atom. The molecule has 1 heterocycles. The Bertz CT molecular complexity index is 596. The Kier molecular flexibility index (Phi) is 5.07. The minimum absolute atomic E-state index is 0. The lowest BCUT2D eigenvalue weighted by atomic mass is 10.1. The van der Waals surface area contributed by atoms with E-state index in [0.717, 1.165) is 11.1 Å². The van der Waals surface area contributed by atoms with Gasteiger partial charge in [0.2, 0.25) is 6.20 Å². The number of aryl methyl sites for hydroxylation is 3. The van der Waals surface area contributed by atoms with Crippen molar-refractivity contribution in [2.45, 2.75) is 20.8 Å². The SMILES string of the molecule is Cc1ccc[n+](NC(=O)c2ccc(C)c(C)c2)c1.[Cl-]. The highest BCUT2D eigenvalue weighted by atomic mass is 35.5. The summed E-state index contributed by atoms with van der Waals surface area (Å²) < 4.78 is 1.67. The summed E-state index contributed by atoms with van der Waals surface area (Å²) in [6.45, 7) is 6.02. The number of benzene rings is 1. The average Bonchev–Trinajstić information content (AvgIpc) is 2.32. The summed E-state index contributed by atoms with van der Waals surface area (Å²) in [6.07, 6.45) is 3.69. The van der Waals surface area contributed by atoms with E-state index in [1.807, 2.05) is 63.5 Å². The van der Waals surface area contributed by atoms with Crippen molar-refractivity contribution in [3.05, 3.63) is 65.0 Å². The second-order valence-electron chi connectivity index (χ2n) is 4.53. The van der Waals surface area contributed by atoms with E-state index in [1.165, 1.54) is 5.56 Å². The van der Waals surface area contributed by atoms with Crippen LogP contribution in [0.25, 0.3) is 0 Å². The van der Waals surface area contributed by atoms with Crippen LogP contribution in [0.2, 0.25) is 0 Å². The van der Waals surface area contributed by atoms with Gasteiger partial charge in [-0.25, -0.2) is 0 Å². The second-order valence-corrected chi connectivity index (χ2v) is 4.53. The van der Waals surface area contributed by atoms with Gasteiger partial charge in [0.05, 0.1) is 0 Å². The predicted octanol–water partition coefficient (Wildman–Crippen LogP) is -0.713. The molecule has 0 saturated heterocycles. The number of amides is 1. The summed E-state index contributed by atoms with van der Waals surface area (Å²) >= 11 is 0. The Balaban J connectivity index is 0.00000180. The van der Waals surface area contributed by atoms with Crippen molar-refractivity contribution in [2.24, 2.45) is 0 Å². The quantitative estimate of drug-likeness (QED) is 0.722. The molecule has 0 aliphatic rings. The fourth-order valence-corrected chi connectivity index (χ4v) is 1.73. The zero-order valence-corrected chi connectivity index (χ0v) is 12.0. The minimum atomic E-state index is -0.103. The van der Waals surface area contributed by atoms with Crippen molar-refractivity contribution in [3.63, 3.8) is 0 Å². The first kappa shape index (κ1) is 15.2. The van der Waals surface area contributed by atoms with Crippen molar-refractivity contribution >= 4 is 5.91 Å². The Labute approximate surface area is 119 Å². The Morgan fingerprint density at radius 1 is 1.11 bits per heavy atom. The van der Waals surface area contributed by atoms with Crippen LogP contribution in [0.15, 0.2) is 42.7 Å². The number of hydrogen-bond acceptors (Lipinski definition) is 1. The average molecular weight is 277 g/mol. The van der Waals surface area contributed by atoms with E-state index in [0.29, 0.717) is 5.56 Å². The molecule has 0 aliphatic carbocycles. The summed E-state index contributed by atoms with van der Waals surface area (Å²) in [7, 11) is 0. The van der Waals surface area contributed by atoms with Crippen LogP contribution in [0.3, 0.4) is 0 Å². The molecule has 2 aromatic rings. The lowest BCUT2D eigenvalue weighted by molar-refractivity contribution is -0.641. The molecule has 3 nitrogen and oxygen atoms in total. The molecule has 100 valence electrons. The van der Waals surface area contributed by atoms with E-state index in [9.17, 15) is 4.79 Å². The van der Waals surface area contributed by atoms with Crippen LogP contribution >= 0.6 is 0 Å². The number of hydrogen-bond donors (Lipinski definition) is 1. The van der Waals surface area contributed by atoms with Crippen LogP contribution in [0.1, 0.15) is 27.0 Å². The molecule has 1 N–H and O–H groups in total. The molecule has 4 heteroatoms. The normalized spacial score (nSPS) is 9.63. The van der Waals surface area contributed by atoms with E-state index in [1.54, 1.807) is 4.68 Å². The molecule has 0 aliphatic heterocycles. The number of nitrogens with zero attached hydrogens (tertiary/aromatic N) is 1. The standard InChI is InChI=1S/C15H16N2O.ClH/c1-11-5-4-8-17(10-11)16-15(18)14-7-6-12(2)13(3)9-14;/h4-10H,1-3H3;1H. The highest BCUT2D eigenvalue weighted by Crippen LogP contribution is 2.09. The zero-order chi connectivity index (χ0) is 13.1. The van der Waals surface area contributed by atoms with Crippen molar-refractivity contribution in [3.8, 4) is 0 Å². The first-order chi connectivity index (χ1) is 8.56. The molecule has 0 unspecified atom stereocenters. The van der Waals surface area contributed by atoms with Crippen LogP contribution in [0, 0.1) is 20.8 Å². The van der Waals surface area contributed by atoms with Gasteiger partial charge in [-0.3, -0.25) is 4.79 Å². The number of halogens is 1. The maximum Gasteiger partial charge on any atom is 0.305 e. The highest BCUT2D eigenvalue weighted by Gasteiger charge is 2.11. The van der Waals surface area contributed by atoms with Crippen LogP contribution in [0.4, 0.5) is 0 Å². The number of aromatic nitrogens is 1. The van der Waals surface area contributed by atoms with Crippen molar-refractivity contribution in [2.75, 3.05) is 5.43 Å². The van der Waals surface area contributed by atoms with Crippen LogP contribution < -0.4 is 22.5 Å². The molecule has 1 aromatic heterocycles. The van der Waals surface area contributed by atoms with Gasteiger partial charge in [0.15, 0.2) is 6.20 Å². The highest BCUT2D eigenvalue weighted by molar-refractivity contribution is 5.99. The lowest BCUT2D eigenvalue weighted by Crippen LogP contribution is -3.00. The Hall–Kier alpha value is -1.87. The maximum atomic E-state index is 12.1. The van der Waals surface area contributed by atoms with Crippen molar-refractivity contribution in [1.29, 1.82) is 0 Å². The minimum Gasteiger partial charge on any atom is -1.00 e. The fourth-order valence-electron chi connectivity index (χ4n) is 1.73. The lowest BCUT2D eigenvalue weighted by Gasteiger charge is -2.03. The van der Waals surface area contributed by atoms with E-state index < -0.39 is 0 Å². The number of carbonyl (C=O) groups excluding carboxylic acids is 1. The first-order valence-electron chi connectivity index (χ1n) is 5.93. The first-order valence-corrected chi connectivity index (χ1v) is 5.93. The molecule has 19 heavy (non-hydrogen) atoms. The van der Waals surface area contributed by atoms with E-state index in [4.69, 9.17) is 0 Å². The third-order valence-electron chi connectivity index (χ3n) is 2.95. The topological polar surface area (TPSA) is 33.0 Å². The van der Waals surface area contributed by atoms with Gasteiger partial charge >= 0.3 is 5.91 Å². The number of rotatable bonds is 2. The Morgan fingerprint density at radius 2 is 1.84 bits per heavy atom. The van der Waals surface area contributed by atoms with Crippen molar-refractivity contribution < 1.29 is 21.9 Å². The molecular weight excluding hydrogens is 260 g/mol. The number of pyridine rings is 1. The maximum absolute atomic E-state index is 12.1. The molecule has 1 amide bonds. The van der Waals surface area contributed by atoms with Crippen LogP contribution in [-0.4, -0.2) is 5.91 Å². The number of carbonyl (C=O) groups is 1. The molecule has 0 bridgehead atoms. The number of nitrogens with one attached hydrogen (secondary N) is 1. The summed E-state index contributed by atoms with van der Waals surface area (Å²) in [5.41, 5.74) is 6.90. The third kappa shape index (κ3) is 3.80. The van der Waals surface area contributed by atoms with Crippen LogP contribution in [0.5, 0.6) is 0 Å². The molecule has 0 atom stereocenters. The van der Waals surface area contributed by atoms with Crippen LogP contribution in [-0.2, 0) is 0 Å². The van der Waals surface area contributed by atoms with E-state index in [-0.39, 0.29) is 18.3 Å². The van der Waals surface area contributed by atoms with Crippen molar-refractivity contribution in [1.82, 2.24) is 0 Å². The largest absolute Gasteiger partial charge is 1.00 e. The van der Waals surface area contributed by atoms with Gasteiger partial charge < -0.3 is 12.4 Å². The summed E-state index contributed by atoms with van der Waals surface area (Å²) in [4.78, 5) is 12.1. The monoisotopic (exact) mass is 276 g/mol. The predicted molar refractivity (Wildman–Crippen MR) is 71.0 cm³/mol. The zero-order valence-electron chi connectivity index (χ0n) is 11.3. The summed E-state index contributed by atoms with van der Waals surface area (Å²) in [5, 5.41) is 0. The molecule has 0 saturated carbocycles. The summed E-state index contributed by atoms with van der Waals surface area (Å²) in [5.74, 6) is -0.103. The van der Waals surface area contributed by atoms with Gasteiger partial charge in [-0.05, 0) is 50.1 Å². The molecule has 1 aromatic carbocycles.